The summed E-state index contributed by atoms with van der Waals surface area (Å²) in [6, 6.07) is 19.0. The number of nitrogens with zero attached hydrogens (tertiary/aromatic N) is 2. The van der Waals surface area contributed by atoms with Crippen molar-refractivity contribution in [3.05, 3.63) is 88.4 Å². The molecule has 3 aromatic carbocycles. The van der Waals surface area contributed by atoms with Crippen molar-refractivity contribution in [1.29, 1.82) is 0 Å². The molecule has 0 saturated heterocycles. The lowest BCUT2D eigenvalue weighted by Crippen LogP contribution is -2.28. The summed E-state index contributed by atoms with van der Waals surface area (Å²) in [4.78, 5) is 6.66. The van der Waals surface area contributed by atoms with Gasteiger partial charge in [0.2, 0.25) is 0 Å². The first-order chi connectivity index (χ1) is 16.7. The third-order valence-electron chi connectivity index (χ3n) is 5.09. The number of hydrogen-bond donors (Lipinski definition) is 0. The lowest BCUT2D eigenvalue weighted by atomic mass is 10.1. The second kappa shape index (κ2) is 14.0. The number of benzene rings is 3. The highest BCUT2D eigenvalue weighted by molar-refractivity contribution is 14.0. The van der Waals surface area contributed by atoms with E-state index >= 15 is 0 Å². The maximum atomic E-state index is 13.4. The summed E-state index contributed by atoms with van der Waals surface area (Å²) in [5.41, 5.74) is 1.30. The Morgan fingerprint density at radius 2 is 1.39 bits per heavy atom. The number of thioether (sulfide) groups is 1. The maximum absolute atomic E-state index is 13.4. The first-order valence-electron chi connectivity index (χ1n) is 10.8. The summed E-state index contributed by atoms with van der Waals surface area (Å²) >= 11 is 7.26. The van der Waals surface area contributed by atoms with Gasteiger partial charge in [0.15, 0.2) is 5.17 Å². The fraction of sp³-hybridized carbons (Fsp3) is 0.269. The molecule has 194 valence electrons. The van der Waals surface area contributed by atoms with E-state index in [2.05, 4.69) is 4.99 Å². The number of ether oxygens (including phenoxy) is 2. The molecule has 0 fully saturated rings. The fourth-order valence-corrected chi connectivity index (χ4v) is 4.29. The molecule has 0 radical (unpaired) electrons. The van der Waals surface area contributed by atoms with E-state index in [1.165, 1.54) is 23.9 Å². The van der Waals surface area contributed by atoms with Crippen LogP contribution in [0, 0.1) is 0 Å². The molecule has 0 aliphatic rings. The number of alkyl halides is 3. The zero-order chi connectivity index (χ0) is 25.4. The molecule has 0 aromatic heterocycles. The standard InChI is InChI=1S/C26H26ClF3N2O2S.HI/c1-4-35-25(31-20-9-14-24(27)23(15-20)26(28,29)30)32(16-18-5-10-21(33-2)11-6-18)17-19-7-12-22(34-3)13-8-19;/h5-15H,4,16-17H2,1-3H3;1H. The molecular formula is C26H27ClF3IN2O2S. The van der Waals surface area contributed by atoms with Gasteiger partial charge in [0.1, 0.15) is 11.5 Å². The lowest BCUT2D eigenvalue weighted by Gasteiger charge is -2.26. The average Bonchev–Trinajstić information content (AvgIpc) is 2.84. The van der Waals surface area contributed by atoms with Crippen molar-refractivity contribution >= 4 is 58.2 Å². The second-order valence-corrected chi connectivity index (χ2v) is 9.18. The molecule has 0 N–H and O–H groups in total. The van der Waals surface area contributed by atoms with Crippen molar-refractivity contribution in [2.24, 2.45) is 4.99 Å². The van der Waals surface area contributed by atoms with Crippen molar-refractivity contribution in [3.8, 4) is 11.5 Å². The van der Waals surface area contributed by atoms with E-state index in [9.17, 15) is 13.2 Å². The Morgan fingerprint density at radius 3 is 1.81 bits per heavy atom. The van der Waals surface area contributed by atoms with E-state index in [0.29, 0.717) is 24.0 Å². The Balaban J connectivity index is 0.00000456. The molecule has 0 spiro atoms. The SMILES string of the molecule is CCSC(=Nc1ccc(Cl)c(C(F)(F)F)c1)N(Cc1ccc(OC)cc1)Cc1ccc(OC)cc1.I. The molecule has 0 unspecified atom stereocenters. The van der Waals surface area contributed by atoms with Crippen LogP contribution in [-0.2, 0) is 19.3 Å². The predicted molar refractivity (Wildman–Crippen MR) is 152 cm³/mol. The van der Waals surface area contributed by atoms with E-state index in [0.717, 1.165) is 28.7 Å². The highest BCUT2D eigenvalue weighted by Crippen LogP contribution is 2.37. The van der Waals surface area contributed by atoms with Crippen LogP contribution in [0.4, 0.5) is 18.9 Å². The Hall–Kier alpha value is -2.11. The molecule has 0 atom stereocenters. The van der Waals surface area contributed by atoms with Crippen LogP contribution >= 0.6 is 47.3 Å². The molecule has 0 aliphatic carbocycles. The predicted octanol–water partition coefficient (Wildman–Crippen LogP) is 8.44. The van der Waals surface area contributed by atoms with Gasteiger partial charge in [-0.05, 0) is 59.3 Å². The number of methoxy groups -OCH3 is 2. The van der Waals surface area contributed by atoms with Crippen LogP contribution in [0.2, 0.25) is 5.02 Å². The minimum Gasteiger partial charge on any atom is -0.497 e. The van der Waals surface area contributed by atoms with Crippen molar-refractivity contribution in [1.82, 2.24) is 4.90 Å². The third kappa shape index (κ3) is 8.48. The zero-order valence-corrected chi connectivity index (χ0v) is 23.9. The fourth-order valence-electron chi connectivity index (χ4n) is 3.33. The Kier molecular flexibility index (Phi) is 11.7. The second-order valence-electron chi connectivity index (χ2n) is 7.54. The minimum absolute atomic E-state index is 0. The van der Waals surface area contributed by atoms with Gasteiger partial charge < -0.3 is 14.4 Å². The number of halogens is 5. The van der Waals surface area contributed by atoms with Crippen molar-refractivity contribution in [2.75, 3.05) is 20.0 Å². The van der Waals surface area contributed by atoms with Gasteiger partial charge in [0.25, 0.3) is 0 Å². The van der Waals surface area contributed by atoms with Gasteiger partial charge >= 0.3 is 6.18 Å². The lowest BCUT2D eigenvalue weighted by molar-refractivity contribution is -0.137. The smallest absolute Gasteiger partial charge is 0.417 e. The summed E-state index contributed by atoms with van der Waals surface area (Å²) < 4.78 is 50.7. The van der Waals surface area contributed by atoms with Gasteiger partial charge in [-0.15, -0.1) is 24.0 Å². The molecule has 36 heavy (non-hydrogen) atoms. The molecule has 0 heterocycles. The normalized spacial score (nSPS) is 11.6. The Labute approximate surface area is 235 Å². The zero-order valence-electron chi connectivity index (χ0n) is 20.0. The quantitative estimate of drug-likeness (QED) is 0.139. The molecule has 3 rings (SSSR count). The molecule has 0 aliphatic heterocycles. The monoisotopic (exact) mass is 650 g/mol. The van der Waals surface area contributed by atoms with Gasteiger partial charge in [-0.2, -0.15) is 13.2 Å². The largest absolute Gasteiger partial charge is 0.497 e. The Morgan fingerprint density at radius 1 is 0.889 bits per heavy atom. The molecule has 0 bridgehead atoms. The topological polar surface area (TPSA) is 34.1 Å². The van der Waals surface area contributed by atoms with Crippen LogP contribution < -0.4 is 9.47 Å². The highest BCUT2D eigenvalue weighted by Gasteiger charge is 2.33. The van der Waals surface area contributed by atoms with Crippen LogP contribution in [0.1, 0.15) is 23.6 Å². The molecule has 0 amide bonds. The van der Waals surface area contributed by atoms with Crippen molar-refractivity contribution in [3.63, 3.8) is 0 Å². The molecule has 10 heteroatoms. The summed E-state index contributed by atoms with van der Waals surface area (Å²) in [7, 11) is 3.21. The molecule has 3 aromatic rings. The van der Waals surface area contributed by atoms with Crippen LogP contribution in [0.5, 0.6) is 11.5 Å². The van der Waals surface area contributed by atoms with Gasteiger partial charge in [0, 0.05) is 13.1 Å². The minimum atomic E-state index is -4.56. The van der Waals surface area contributed by atoms with Crippen LogP contribution in [0.15, 0.2) is 71.7 Å². The number of aliphatic imine (C=N–C) groups is 1. The van der Waals surface area contributed by atoms with E-state index in [4.69, 9.17) is 21.1 Å². The van der Waals surface area contributed by atoms with Gasteiger partial charge in [-0.3, -0.25) is 0 Å². The number of hydrogen-bond acceptors (Lipinski definition) is 4. The van der Waals surface area contributed by atoms with E-state index in [1.807, 2.05) is 60.4 Å². The highest BCUT2D eigenvalue weighted by atomic mass is 127. The van der Waals surface area contributed by atoms with Crippen LogP contribution in [-0.4, -0.2) is 30.0 Å². The molecular weight excluding hydrogens is 624 g/mol. The average molecular weight is 651 g/mol. The summed E-state index contributed by atoms with van der Waals surface area (Å²) in [5.74, 6) is 2.18. The van der Waals surface area contributed by atoms with Crippen molar-refractivity contribution < 1.29 is 22.6 Å². The summed E-state index contributed by atoms with van der Waals surface area (Å²) in [6.07, 6.45) is -4.56. The van der Waals surface area contributed by atoms with Crippen LogP contribution in [0.25, 0.3) is 0 Å². The summed E-state index contributed by atoms with van der Waals surface area (Å²) in [6.45, 7) is 2.98. The maximum Gasteiger partial charge on any atom is 0.417 e. The van der Waals surface area contributed by atoms with Crippen molar-refractivity contribution in [2.45, 2.75) is 26.2 Å². The first kappa shape index (κ1) is 30.1. The van der Waals surface area contributed by atoms with E-state index in [-0.39, 0.29) is 34.7 Å². The van der Waals surface area contributed by atoms with Gasteiger partial charge in [0.05, 0.1) is 30.5 Å². The number of rotatable bonds is 8. The third-order valence-corrected chi connectivity index (χ3v) is 6.31. The summed E-state index contributed by atoms with van der Waals surface area (Å²) in [5, 5.41) is 0.254. The van der Waals surface area contributed by atoms with E-state index < -0.39 is 11.7 Å². The first-order valence-corrected chi connectivity index (χ1v) is 12.2. The number of amidine groups is 1. The van der Waals surface area contributed by atoms with Gasteiger partial charge in [-0.1, -0.05) is 54.6 Å². The molecule has 0 saturated carbocycles. The van der Waals surface area contributed by atoms with E-state index in [1.54, 1.807) is 14.2 Å². The Bertz CT molecular complexity index is 1090. The molecule has 4 nitrogen and oxygen atoms in total. The van der Waals surface area contributed by atoms with Gasteiger partial charge in [-0.25, -0.2) is 4.99 Å². The van der Waals surface area contributed by atoms with Crippen LogP contribution in [0.3, 0.4) is 0 Å².